The standard InChI is InChI=1S/C14H18N6/c1-8-13(9(2)18-17-8)7-15-11-5-12-10(3)19-20(4)14(12)16-6-11/h5-6,15H,7H2,1-4H3,(H,17,18). The van der Waals surface area contributed by atoms with Gasteiger partial charge in [0.15, 0.2) is 5.65 Å². The molecule has 0 spiro atoms. The second-order valence-corrected chi connectivity index (χ2v) is 5.07. The normalized spacial score (nSPS) is 11.2. The zero-order valence-electron chi connectivity index (χ0n) is 12.2. The van der Waals surface area contributed by atoms with Crippen LogP contribution in [0, 0.1) is 20.8 Å². The summed E-state index contributed by atoms with van der Waals surface area (Å²) in [7, 11) is 1.91. The first kappa shape index (κ1) is 12.7. The van der Waals surface area contributed by atoms with Crippen LogP contribution in [0.15, 0.2) is 12.3 Å². The molecule has 0 radical (unpaired) electrons. The Morgan fingerprint density at radius 3 is 2.75 bits per heavy atom. The molecule has 2 N–H and O–H groups in total. The fraction of sp³-hybridized carbons (Fsp3) is 0.357. The third-order valence-corrected chi connectivity index (χ3v) is 3.61. The molecule has 20 heavy (non-hydrogen) atoms. The molecule has 0 aliphatic rings. The predicted octanol–water partition coefficient (Wildman–Crippen LogP) is 2.23. The summed E-state index contributed by atoms with van der Waals surface area (Å²) in [6.45, 7) is 6.77. The summed E-state index contributed by atoms with van der Waals surface area (Å²) >= 11 is 0. The van der Waals surface area contributed by atoms with E-state index in [0.29, 0.717) is 0 Å². The number of hydrogen-bond acceptors (Lipinski definition) is 4. The number of nitrogens with one attached hydrogen (secondary N) is 2. The molecule has 0 fully saturated rings. The van der Waals surface area contributed by atoms with Gasteiger partial charge in [-0.05, 0) is 26.8 Å². The molecule has 0 aromatic carbocycles. The average Bonchev–Trinajstić information content (AvgIpc) is 2.89. The summed E-state index contributed by atoms with van der Waals surface area (Å²) < 4.78 is 1.80. The Morgan fingerprint density at radius 2 is 2.05 bits per heavy atom. The van der Waals surface area contributed by atoms with Crippen molar-refractivity contribution in [1.29, 1.82) is 0 Å². The summed E-state index contributed by atoms with van der Waals surface area (Å²) in [6.07, 6.45) is 1.84. The molecule has 0 amide bonds. The molecule has 0 unspecified atom stereocenters. The number of aryl methyl sites for hydroxylation is 4. The molecule has 104 valence electrons. The molecule has 3 aromatic heterocycles. The molecule has 0 aliphatic heterocycles. The number of H-pyrrole nitrogens is 1. The molecule has 6 heteroatoms. The number of aromatic nitrogens is 5. The maximum Gasteiger partial charge on any atom is 0.157 e. The highest BCUT2D eigenvalue weighted by Gasteiger charge is 2.09. The SMILES string of the molecule is Cc1n[nH]c(C)c1CNc1cnc2c(c1)c(C)nn2C. The van der Waals surface area contributed by atoms with Gasteiger partial charge >= 0.3 is 0 Å². The maximum atomic E-state index is 4.46. The Balaban J connectivity index is 1.86. The van der Waals surface area contributed by atoms with E-state index in [0.717, 1.165) is 40.3 Å². The van der Waals surface area contributed by atoms with Gasteiger partial charge in [0.1, 0.15) is 0 Å². The fourth-order valence-corrected chi connectivity index (χ4v) is 2.43. The molecular weight excluding hydrogens is 252 g/mol. The number of hydrogen-bond donors (Lipinski definition) is 2. The topological polar surface area (TPSA) is 71.4 Å². The van der Waals surface area contributed by atoms with Gasteiger partial charge in [0.05, 0.1) is 23.3 Å². The molecule has 0 atom stereocenters. The number of anilines is 1. The third-order valence-electron chi connectivity index (χ3n) is 3.61. The summed E-state index contributed by atoms with van der Waals surface area (Å²) in [6, 6.07) is 2.09. The minimum absolute atomic E-state index is 0.737. The van der Waals surface area contributed by atoms with E-state index in [1.165, 1.54) is 5.56 Å². The van der Waals surface area contributed by atoms with Gasteiger partial charge in [-0.3, -0.25) is 9.78 Å². The first-order valence-corrected chi connectivity index (χ1v) is 6.60. The van der Waals surface area contributed by atoms with E-state index in [2.05, 4.69) is 31.7 Å². The summed E-state index contributed by atoms with van der Waals surface area (Å²) in [4.78, 5) is 4.46. The second kappa shape index (κ2) is 4.63. The quantitative estimate of drug-likeness (QED) is 0.765. The van der Waals surface area contributed by atoms with Crippen molar-refractivity contribution in [3.8, 4) is 0 Å². The Labute approximate surface area is 117 Å². The van der Waals surface area contributed by atoms with Crippen molar-refractivity contribution in [2.75, 3.05) is 5.32 Å². The van der Waals surface area contributed by atoms with Crippen LogP contribution in [0.2, 0.25) is 0 Å². The van der Waals surface area contributed by atoms with Crippen LogP contribution < -0.4 is 5.32 Å². The van der Waals surface area contributed by atoms with E-state index >= 15 is 0 Å². The Kier molecular flexibility index (Phi) is 2.93. The van der Waals surface area contributed by atoms with Crippen LogP contribution in [0.1, 0.15) is 22.6 Å². The lowest BCUT2D eigenvalue weighted by molar-refractivity contribution is 0.774. The van der Waals surface area contributed by atoms with E-state index in [-0.39, 0.29) is 0 Å². The molecular formula is C14H18N6. The van der Waals surface area contributed by atoms with Gasteiger partial charge in [-0.1, -0.05) is 0 Å². The van der Waals surface area contributed by atoms with Crippen molar-refractivity contribution < 1.29 is 0 Å². The molecule has 0 aliphatic carbocycles. The van der Waals surface area contributed by atoms with Crippen LogP contribution in [-0.4, -0.2) is 25.0 Å². The van der Waals surface area contributed by atoms with Gasteiger partial charge in [0.25, 0.3) is 0 Å². The molecule has 3 aromatic rings. The molecule has 3 heterocycles. The molecule has 6 nitrogen and oxygen atoms in total. The van der Waals surface area contributed by atoms with Crippen LogP contribution in [0.5, 0.6) is 0 Å². The second-order valence-electron chi connectivity index (χ2n) is 5.07. The zero-order chi connectivity index (χ0) is 14.3. The van der Waals surface area contributed by atoms with Crippen LogP contribution in [-0.2, 0) is 13.6 Å². The molecule has 0 bridgehead atoms. The third kappa shape index (κ3) is 2.03. The van der Waals surface area contributed by atoms with Crippen LogP contribution in [0.3, 0.4) is 0 Å². The first-order valence-electron chi connectivity index (χ1n) is 6.60. The van der Waals surface area contributed by atoms with Gasteiger partial charge in [-0.25, -0.2) is 4.98 Å². The predicted molar refractivity (Wildman–Crippen MR) is 78.6 cm³/mol. The lowest BCUT2D eigenvalue weighted by Gasteiger charge is -2.06. The smallest absolute Gasteiger partial charge is 0.157 e. The van der Waals surface area contributed by atoms with Crippen molar-refractivity contribution in [3.05, 3.63) is 34.9 Å². The van der Waals surface area contributed by atoms with Crippen LogP contribution in [0.4, 0.5) is 5.69 Å². The van der Waals surface area contributed by atoms with Gasteiger partial charge in [-0.2, -0.15) is 10.2 Å². The number of pyridine rings is 1. The molecule has 0 saturated heterocycles. The highest BCUT2D eigenvalue weighted by molar-refractivity contribution is 5.81. The highest BCUT2D eigenvalue weighted by Crippen LogP contribution is 2.20. The summed E-state index contributed by atoms with van der Waals surface area (Å²) in [5, 5.41) is 16.1. The number of aromatic amines is 1. The molecule has 3 rings (SSSR count). The summed E-state index contributed by atoms with van der Waals surface area (Å²) in [5.41, 5.74) is 6.22. The van der Waals surface area contributed by atoms with Crippen LogP contribution in [0.25, 0.3) is 11.0 Å². The lowest BCUT2D eigenvalue weighted by Crippen LogP contribution is -2.02. The van der Waals surface area contributed by atoms with E-state index < -0.39 is 0 Å². The van der Waals surface area contributed by atoms with Crippen molar-refractivity contribution in [3.63, 3.8) is 0 Å². The largest absolute Gasteiger partial charge is 0.380 e. The maximum absolute atomic E-state index is 4.46. The van der Waals surface area contributed by atoms with Gasteiger partial charge in [-0.15, -0.1) is 0 Å². The van der Waals surface area contributed by atoms with E-state index in [1.54, 1.807) is 4.68 Å². The Hall–Kier alpha value is -2.37. The monoisotopic (exact) mass is 270 g/mol. The zero-order valence-corrected chi connectivity index (χ0v) is 12.2. The van der Waals surface area contributed by atoms with E-state index in [1.807, 2.05) is 34.0 Å². The minimum Gasteiger partial charge on any atom is -0.380 e. The first-order chi connectivity index (χ1) is 9.56. The minimum atomic E-state index is 0.737. The van der Waals surface area contributed by atoms with Crippen molar-refractivity contribution in [2.24, 2.45) is 7.05 Å². The highest BCUT2D eigenvalue weighted by atomic mass is 15.3. The van der Waals surface area contributed by atoms with Gasteiger partial charge in [0.2, 0.25) is 0 Å². The number of fused-ring (bicyclic) bond motifs is 1. The fourth-order valence-electron chi connectivity index (χ4n) is 2.43. The summed E-state index contributed by atoms with van der Waals surface area (Å²) in [5.74, 6) is 0. The van der Waals surface area contributed by atoms with Gasteiger partial charge in [0, 0.05) is 30.2 Å². The lowest BCUT2D eigenvalue weighted by atomic mass is 10.2. The number of rotatable bonds is 3. The Morgan fingerprint density at radius 1 is 1.25 bits per heavy atom. The number of nitrogens with zero attached hydrogens (tertiary/aromatic N) is 4. The molecule has 0 saturated carbocycles. The van der Waals surface area contributed by atoms with Crippen molar-refractivity contribution in [1.82, 2.24) is 25.0 Å². The van der Waals surface area contributed by atoms with Crippen LogP contribution >= 0.6 is 0 Å². The van der Waals surface area contributed by atoms with E-state index in [9.17, 15) is 0 Å². The van der Waals surface area contributed by atoms with E-state index in [4.69, 9.17) is 0 Å². The Bertz CT molecular complexity index is 748. The van der Waals surface area contributed by atoms with Gasteiger partial charge < -0.3 is 5.32 Å². The average molecular weight is 270 g/mol. The van der Waals surface area contributed by atoms with Crippen molar-refractivity contribution >= 4 is 16.7 Å². The van der Waals surface area contributed by atoms with Crippen molar-refractivity contribution in [2.45, 2.75) is 27.3 Å².